The molecule has 1 aromatic rings. The molecule has 1 atom stereocenters. The van der Waals surface area contributed by atoms with Crippen LogP contribution < -0.4 is 10.6 Å². The van der Waals surface area contributed by atoms with Crippen molar-refractivity contribution in [2.75, 3.05) is 6.54 Å². The van der Waals surface area contributed by atoms with Crippen molar-refractivity contribution in [2.45, 2.75) is 65.6 Å². The largest absolute Gasteiger partial charge is 0.444 e. The highest BCUT2D eigenvalue weighted by Gasteiger charge is 2.27. The van der Waals surface area contributed by atoms with Gasteiger partial charge in [-0.15, -0.1) is 11.3 Å². The first kappa shape index (κ1) is 20.5. The topological polar surface area (TPSA) is 50.4 Å². The van der Waals surface area contributed by atoms with E-state index in [9.17, 15) is 4.79 Å². The molecule has 0 aliphatic heterocycles. The van der Waals surface area contributed by atoms with E-state index in [2.05, 4.69) is 58.8 Å². The molecule has 0 saturated carbocycles. The number of hydrogen-bond donors (Lipinski definition) is 2. The van der Waals surface area contributed by atoms with Crippen molar-refractivity contribution in [3.05, 3.63) is 20.8 Å². The monoisotopic (exact) mass is 404 g/mol. The summed E-state index contributed by atoms with van der Waals surface area (Å²) in [5, 5.41) is 8.57. The lowest BCUT2D eigenvalue weighted by Gasteiger charge is -2.33. The second kappa shape index (κ2) is 8.49. The Morgan fingerprint density at radius 1 is 1.35 bits per heavy atom. The number of rotatable bonds is 7. The van der Waals surface area contributed by atoms with Gasteiger partial charge in [-0.1, -0.05) is 13.8 Å². The van der Waals surface area contributed by atoms with Gasteiger partial charge in [0.2, 0.25) is 0 Å². The van der Waals surface area contributed by atoms with E-state index < -0.39 is 5.60 Å². The minimum absolute atomic E-state index is 0.179. The first-order valence-corrected chi connectivity index (χ1v) is 9.61. The fraction of sp³-hybridized carbons (Fsp3) is 0.706. The Labute approximate surface area is 152 Å². The first-order chi connectivity index (χ1) is 10.5. The summed E-state index contributed by atoms with van der Waals surface area (Å²) >= 11 is 5.20. The van der Waals surface area contributed by atoms with Crippen LogP contribution >= 0.6 is 27.3 Å². The third kappa shape index (κ3) is 8.72. The fourth-order valence-corrected chi connectivity index (χ4v) is 3.83. The van der Waals surface area contributed by atoms with Crippen LogP contribution in [0.1, 0.15) is 52.8 Å². The number of halogens is 1. The summed E-state index contributed by atoms with van der Waals surface area (Å²) in [5.41, 5.74) is -0.656. The van der Waals surface area contributed by atoms with Crippen LogP contribution in [0.5, 0.6) is 0 Å². The molecule has 0 aromatic carbocycles. The first-order valence-electron chi connectivity index (χ1n) is 7.94. The van der Waals surface area contributed by atoms with Gasteiger partial charge in [0.15, 0.2) is 0 Å². The van der Waals surface area contributed by atoms with Gasteiger partial charge < -0.3 is 15.4 Å². The highest BCUT2D eigenvalue weighted by atomic mass is 79.9. The zero-order valence-electron chi connectivity index (χ0n) is 15.0. The summed E-state index contributed by atoms with van der Waals surface area (Å²) in [6.45, 7) is 13.5. The van der Waals surface area contributed by atoms with E-state index in [1.807, 2.05) is 20.8 Å². The Morgan fingerprint density at radius 2 is 2.00 bits per heavy atom. The van der Waals surface area contributed by atoms with Crippen LogP contribution in [-0.2, 0) is 11.3 Å². The Kier molecular flexibility index (Phi) is 7.55. The second-order valence-corrected chi connectivity index (χ2v) is 9.51. The van der Waals surface area contributed by atoms with Crippen LogP contribution in [0.3, 0.4) is 0 Å². The molecule has 1 amide bonds. The van der Waals surface area contributed by atoms with E-state index in [0.29, 0.717) is 12.5 Å². The van der Waals surface area contributed by atoms with Gasteiger partial charge in [-0.05, 0) is 62.0 Å². The van der Waals surface area contributed by atoms with Gasteiger partial charge in [-0.3, -0.25) is 0 Å². The van der Waals surface area contributed by atoms with Crippen LogP contribution in [-0.4, -0.2) is 23.8 Å². The summed E-state index contributed by atoms with van der Waals surface area (Å²) < 4.78 is 6.43. The summed E-state index contributed by atoms with van der Waals surface area (Å²) in [6.07, 6.45) is 0.600. The van der Waals surface area contributed by atoms with Crippen LogP contribution in [0.2, 0.25) is 0 Å². The predicted molar refractivity (Wildman–Crippen MR) is 101 cm³/mol. The van der Waals surface area contributed by atoms with Gasteiger partial charge in [0, 0.05) is 33.4 Å². The van der Waals surface area contributed by atoms with Gasteiger partial charge in [0.05, 0.1) is 0 Å². The van der Waals surface area contributed by atoms with Crippen molar-refractivity contribution in [3.8, 4) is 0 Å². The normalized spacial score (nSPS) is 14.6. The van der Waals surface area contributed by atoms with Crippen LogP contribution in [0, 0.1) is 5.92 Å². The third-order valence-corrected chi connectivity index (χ3v) is 4.89. The van der Waals surface area contributed by atoms with Crippen molar-refractivity contribution in [3.63, 3.8) is 0 Å². The van der Waals surface area contributed by atoms with E-state index in [-0.39, 0.29) is 11.6 Å². The summed E-state index contributed by atoms with van der Waals surface area (Å²) in [4.78, 5) is 13.2. The molecule has 0 spiro atoms. The summed E-state index contributed by atoms with van der Waals surface area (Å²) in [5.74, 6) is 0.531. The predicted octanol–water partition coefficient (Wildman–Crippen LogP) is 4.93. The highest BCUT2D eigenvalue weighted by Crippen LogP contribution is 2.22. The maximum atomic E-state index is 11.9. The van der Waals surface area contributed by atoms with Crippen molar-refractivity contribution >= 4 is 33.4 Å². The van der Waals surface area contributed by atoms with E-state index in [1.54, 1.807) is 11.3 Å². The van der Waals surface area contributed by atoms with Crippen molar-refractivity contribution < 1.29 is 9.53 Å². The Bertz CT molecular complexity index is 511. The molecule has 0 aliphatic rings. The van der Waals surface area contributed by atoms with Crippen molar-refractivity contribution in [1.82, 2.24) is 10.6 Å². The lowest BCUT2D eigenvalue weighted by molar-refractivity contribution is 0.0507. The number of carbonyl (C=O) groups is 1. The minimum atomic E-state index is -0.477. The molecule has 0 saturated heterocycles. The summed E-state index contributed by atoms with van der Waals surface area (Å²) in [7, 11) is 0. The Morgan fingerprint density at radius 3 is 2.48 bits per heavy atom. The minimum Gasteiger partial charge on any atom is -0.444 e. The maximum absolute atomic E-state index is 11.9. The quantitative estimate of drug-likeness (QED) is 0.676. The molecule has 0 fully saturated rings. The van der Waals surface area contributed by atoms with Crippen molar-refractivity contribution in [2.24, 2.45) is 5.92 Å². The molecule has 6 heteroatoms. The van der Waals surface area contributed by atoms with Crippen LogP contribution in [0.25, 0.3) is 0 Å². The number of ether oxygens (including phenoxy) is 1. The average Bonchev–Trinajstić information content (AvgIpc) is 2.77. The molecule has 0 radical (unpaired) electrons. The summed E-state index contributed by atoms with van der Waals surface area (Å²) in [6, 6.07) is 2.12. The molecular formula is C17H29BrN2O2S. The molecule has 4 nitrogen and oxygen atoms in total. The number of thiophene rings is 1. The molecule has 132 valence electrons. The Hall–Kier alpha value is -0.590. The van der Waals surface area contributed by atoms with E-state index in [0.717, 1.165) is 17.4 Å². The number of nitrogens with one attached hydrogen (secondary N) is 2. The third-order valence-electron chi connectivity index (χ3n) is 3.19. The fourth-order valence-electron chi connectivity index (χ4n) is 2.44. The molecule has 1 unspecified atom stereocenters. The van der Waals surface area contributed by atoms with Crippen molar-refractivity contribution in [1.29, 1.82) is 0 Å². The van der Waals surface area contributed by atoms with Gasteiger partial charge in [0.1, 0.15) is 5.60 Å². The van der Waals surface area contributed by atoms with E-state index in [1.165, 1.54) is 4.88 Å². The molecular weight excluding hydrogens is 376 g/mol. The SMILES string of the molecule is CC(C)CC(C)(CNC(=O)OC(C)(C)C)NCc1cc(Br)cs1. The van der Waals surface area contributed by atoms with Gasteiger partial charge in [-0.2, -0.15) is 0 Å². The molecule has 1 aromatic heterocycles. The lowest BCUT2D eigenvalue weighted by atomic mass is 9.90. The standard InChI is InChI=1S/C17H29BrN2O2S/c1-12(2)8-17(6,11-19-15(21)22-16(3,4)5)20-9-14-7-13(18)10-23-14/h7,10,12,20H,8-9,11H2,1-6H3,(H,19,21). The van der Waals surface area contributed by atoms with E-state index in [4.69, 9.17) is 4.74 Å². The number of alkyl carbamates (subject to hydrolysis) is 1. The van der Waals surface area contributed by atoms with Gasteiger partial charge in [-0.25, -0.2) is 4.79 Å². The van der Waals surface area contributed by atoms with E-state index >= 15 is 0 Å². The number of amides is 1. The second-order valence-electron chi connectivity index (χ2n) is 7.60. The Balaban J connectivity index is 2.60. The molecule has 1 heterocycles. The van der Waals surface area contributed by atoms with Gasteiger partial charge >= 0.3 is 6.09 Å². The molecule has 1 rings (SSSR count). The molecule has 2 N–H and O–H groups in total. The smallest absolute Gasteiger partial charge is 0.407 e. The highest BCUT2D eigenvalue weighted by molar-refractivity contribution is 9.10. The molecule has 0 bridgehead atoms. The average molecular weight is 405 g/mol. The zero-order valence-corrected chi connectivity index (χ0v) is 17.4. The maximum Gasteiger partial charge on any atom is 0.407 e. The molecule has 0 aliphatic carbocycles. The molecule has 23 heavy (non-hydrogen) atoms. The van der Waals surface area contributed by atoms with Crippen LogP contribution in [0.4, 0.5) is 4.79 Å². The number of hydrogen-bond acceptors (Lipinski definition) is 4. The lowest BCUT2D eigenvalue weighted by Crippen LogP contribution is -2.52. The van der Waals surface area contributed by atoms with Crippen LogP contribution in [0.15, 0.2) is 15.9 Å². The number of carbonyl (C=O) groups excluding carboxylic acids is 1. The van der Waals surface area contributed by atoms with Gasteiger partial charge in [0.25, 0.3) is 0 Å². The zero-order chi connectivity index (χ0) is 17.7.